The van der Waals surface area contributed by atoms with Crippen LogP contribution in [0.3, 0.4) is 0 Å². The highest BCUT2D eigenvalue weighted by Crippen LogP contribution is 2.28. The Hall–Kier alpha value is -2.37. The molecule has 0 aliphatic carbocycles. The molecule has 2 aromatic rings. The molecule has 0 radical (unpaired) electrons. The minimum Gasteiger partial charge on any atom is -0.384 e. The van der Waals surface area contributed by atoms with Crippen LogP contribution in [0.5, 0.6) is 0 Å². The van der Waals surface area contributed by atoms with Gasteiger partial charge in [-0.25, -0.2) is 8.42 Å². The summed E-state index contributed by atoms with van der Waals surface area (Å²) in [6.45, 7) is 0.645. The van der Waals surface area contributed by atoms with Crippen LogP contribution < -0.4 is 11.1 Å². The van der Waals surface area contributed by atoms with Crippen molar-refractivity contribution in [1.82, 2.24) is 4.31 Å². The number of amides is 1. The molecular weight excluding hydrogens is 467 g/mol. The maximum absolute atomic E-state index is 12.9. The number of carbonyl (C=O) groups is 1. The summed E-state index contributed by atoms with van der Waals surface area (Å²) in [6.07, 6.45) is 0. The molecule has 0 saturated carbocycles. The zero-order valence-electron chi connectivity index (χ0n) is 16.3. The molecule has 1 fully saturated rings. The van der Waals surface area contributed by atoms with Gasteiger partial charge < -0.3 is 20.6 Å². The lowest BCUT2D eigenvalue weighted by Crippen LogP contribution is -2.40. The van der Waals surface area contributed by atoms with Gasteiger partial charge >= 0.3 is 0 Å². The Bertz CT molecular complexity index is 1090. The molecule has 3 rings (SSSR count). The number of carbonyl (C=O) groups excluding carboxylic acids is 1. The summed E-state index contributed by atoms with van der Waals surface area (Å²) in [7, 11) is -3.82. The average molecular weight is 487 g/mol. The smallest absolute Gasteiger partial charge is 0.265 e. The zero-order chi connectivity index (χ0) is 22.4. The number of sulfonamides is 1. The van der Waals surface area contributed by atoms with E-state index in [0.29, 0.717) is 23.8 Å². The van der Waals surface area contributed by atoms with Gasteiger partial charge in [-0.15, -0.1) is 0 Å². The van der Waals surface area contributed by atoms with Crippen molar-refractivity contribution in [3.8, 4) is 0 Å². The first-order valence-electron chi connectivity index (χ1n) is 9.16. The number of benzene rings is 2. The zero-order valence-corrected chi connectivity index (χ0v) is 18.6. The summed E-state index contributed by atoms with van der Waals surface area (Å²) in [5, 5.41) is 6.77. The summed E-state index contributed by atoms with van der Waals surface area (Å²) in [5.41, 5.74) is 6.59. The maximum Gasteiger partial charge on any atom is 0.265 e. The lowest BCUT2D eigenvalue weighted by atomic mass is 10.2. The molecule has 3 N–H and O–H groups in total. The second-order valence-electron chi connectivity index (χ2n) is 6.47. The van der Waals surface area contributed by atoms with Crippen molar-refractivity contribution in [1.29, 1.82) is 0 Å². The number of ether oxygens (including phenoxy) is 1. The first-order chi connectivity index (χ1) is 14.8. The number of anilines is 1. The van der Waals surface area contributed by atoms with Crippen LogP contribution in [-0.2, 0) is 24.4 Å². The number of nitrogens with one attached hydrogen (secondary N) is 1. The number of morpholine rings is 1. The Labute approximate surface area is 189 Å². The molecule has 9 nitrogen and oxygen atoms in total. The fourth-order valence-corrected chi connectivity index (χ4v) is 4.86. The highest BCUT2D eigenvalue weighted by molar-refractivity contribution is 7.89. The van der Waals surface area contributed by atoms with Crippen molar-refractivity contribution in [3.05, 3.63) is 58.1 Å². The van der Waals surface area contributed by atoms with E-state index in [1.165, 1.54) is 22.5 Å². The van der Waals surface area contributed by atoms with E-state index >= 15 is 0 Å². The molecule has 1 saturated heterocycles. The molecular formula is C19H20Cl2N4O5S. The largest absolute Gasteiger partial charge is 0.384 e. The van der Waals surface area contributed by atoms with Gasteiger partial charge in [-0.1, -0.05) is 40.5 Å². The Morgan fingerprint density at radius 1 is 1.19 bits per heavy atom. The van der Waals surface area contributed by atoms with Crippen LogP contribution >= 0.6 is 23.2 Å². The van der Waals surface area contributed by atoms with Crippen LogP contribution in [0.25, 0.3) is 0 Å². The van der Waals surface area contributed by atoms with Crippen LogP contribution in [0.15, 0.2) is 52.5 Å². The van der Waals surface area contributed by atoms with Crippen molar-refractivity contribution in [2.45, 2.75) is 4.90 Å². The number of nitrogens with zero attached hydrogens (tertiary/aromatic N) is 2. The predicted molar refractivity (Wildman–Crippen MR) is 118 cm³/mol. The van der Waals surface area contributed by atoms with E-state index in [1.54, 1.807) is 24.3 Å². The Morgan fingerprint density at radius 3 is 2.65 bits per heavy atom. The lowest BCUT2D eigenvalue weighted by Gasteiger charge is -2.26. The molecule has 0 bridgehead atoms. The Balaban J connectivity index is 1.64. The molecule has 1 heterocycles. The number of amidine groups is 1. The van der Waals surface area contributed by atoms with E-state index in [4.69, 9.17) is 38.5 Å². The van der Waals surface area contributed by atoms with Crippen LogP contribution in [0.4, 0.5) is 5.69 Å². The van der Waals surface area contributed by atoms with Crippen molar-refractivity contribution >= 4 is 50.7 Å². The topological polar surface area (TPSA) is 123 Å². The third-order valence-electron chi connectivity index (χ3n) is 4.28. The van der Waals surface area contributed by atoms with Crippen LogP contribution in [0.2, 0.25) is 10.0 Å². The Morgan fingerprint density at radius 2 is 1.94 bits per heavy atom. The third kappa shape index (κ3) is 6.08. The summed E-state index contributed by atoms with van der Waals surface area (Å²) < 4.78 is 32.2. The van der Waals surface area contributed by atoms with E-state index in [2.05, 4.69) is 10.5 Å². The van der Waals surface area contributed by atoms with Gasteiger partial charge in [-0.2, -0.15) is 4.31 Å². The number of hydrogen-bond donors (Lipinski definition) is 2. The number of oxime groups is 1. The monoisotopic (exact) mass is 486 g/mol. The standard InChI is InChI=1S/C19H20Cl2N4O5S/c20-14-3-1-2-13(10-14)19(22)24-30-12-18(26)23-15-4-5-16(21)17(11-15)31(27,28)25-6-8-29-9-7-25/h1-5,10-11H,6-9,12H2,(H2,22,24)(H,23,26). The third-order valence-corrected chi connectivity index (χ3v) is 6.90. The fourth-order valence-electron chi connectivity index (χ4n) is 2.76. The molecule has 0 spiro atoms. The molecule has 166 valence electrons. The Kier molecular flexibility index (Phi) is 7.74. The average Bonchev–Trinajstić information content (AvgIpc) is 2.75. The summed E-state index contributed by atoms with van der Waals surface area (Å²) >= 11 is 12.0. The number of halogens is 2. The first kappa shape index (κ1) is 23.3. The molecule has 12 heteroatoms. The van der Waals surface area contributed by atoms with Crippen molar-refractivity contribution in [2.24, 2.45) is 10.9 Å². The summed E-state index contributed by atoms with van der Waals surface area (Å²) in [6, 6.07) is 10.9. The quantitative estimate of drug-likeness (QED) is 0.351. The molecule has 1 aliphatic rings. The number of nitrogens with two attached hydrogens (primary N) is 1. The van der Waals surface area contributed by atoms with Gasteiger partial charge in [0.2, 0.25) is 10.0 Å². The summed E-state index contributed by atoms with van der Waals surface area (Å²) in [5.74, 6) is -0.500. The summed E-state index contributed by atoms with van der Waals surface area (Å²) in [4.78, 5) is 17.0. The normalized spacial score (nSPS) is 15.5. The van der Waals surface area contributed by atoms with Gasteiger partial charge in [0.15, 0.2) is 12.4 Å². The minimum absolute atomic E-state index is 0.0552. The first-order valence-corrected chi connectivity index (χ1v) is 11.4. The van der Waals surface area contributed by atoms with Crippen LogP contribution in [-0.4, -0.2) is 57.4 Å². The van der Waals surface area contributed by atoms with Crippen LogP contribution in [0, 0.1) is 0 Å². The molecule has 31 heavy (non-hydrogen) atoms. The molecule has 0 unspecified atom stereocenters. The highest BCUT2D eigenvalue weighted by Gasteiger charge is 2.28. The molecule has 1 amide bonds. The molecule has 0 atom stereocenters. The van der Waals surface area contributed by atoms with Crippen molar-refractivity contribution in [3.63, 3.8) is 0 Å². The van der Waals surface area contributed by atoms with E-state index in [0.717, 1.165) is 0 Å². The predicted octanol–water partition coefficient (Wildman–Crippen LogP) is 2.29. The number of rotatable bonds is 7. The molecule has 1 aliphatic heterocycles. The van der Waals surface area contributed by atoms with Gasteiger partial charge in [0.1, 0.15) is 4.90 Å². The molecule has 2 aromatic carbocycles. The van der Waals surface area contributed by atoms with E-state index in [-0.39, 0.29) is 34.5 Å². The van der Waals surface area contributed by atoms with Crippen LogP contribution in [0.1, 0.15) is 5.56 Å². The highest BCUT2D eigenvalue weighted by atomic mass is 35.5. The van der Waals surface area contributed by atoms with Gasteiger partial charge in [0.25, 0.3) is 5.91 Å². The van der Waals surface area contributed by atoms with Crippen molar-refractivity contribution in [2.75, 3.05) is 38.2 Å². The van der Waals surface area contributed by atoms with Crippen molar-refractivity contribution < 1.29 is 22.8 Å². The molecule has 0 aromatic heterocycles. The fraction of sp³-hybridized carbons (Fsp3) is 0.263. The second kappa shape index (κ2) is 10.3. The van der Waals surface area contributed by atoms with Gasteiger partial charge in [0, 0.05) is 29.4 Å². The SMILES string of the molecule is N/C(=N/OCC(=O)Nc1ccc(Cl)c(S(=O)(=O)N2CCOCC2)c1)c1cccc(Cl)c1. The number of hydrogen-bond acceptors (Lipinski definition) is 6. The lowest BCUT2D eigenvalue weighted by molar-refractivity contribution is -0.120. The van der Waals surface area contributed by atoms with E-state index < -0.39 is 22.5 Å². The van der Waals surface area contributed by atoms with Gasteiger partial charge in [-0.05, 0) is 30.3 Å². The second-order valence-corrected chi connectivity index (χ2v) is 9.22. The van der Waals surface area contributed by atoms with E-state index in [1.807, 2.05) is 0 Å². The maximum atomic E-state index is 12.9. The van der Waals surface area contributed by atoms with Gasteiger partial charge in [-0.3, -0.25) is 4.79 Å². The van der Waals surface area contributed by atoms with Gasteiger partial charge in [0.05, 0.1) is 18.2 Å². The minimum atomic E-state index is -3.82. The van der Waals surface area contributed by atoms with E-state index in [9.17, 15) is 13.2 Å².